The van der Waals surface area contributed by atoms with Gasteiger partial charge in [0.2, 0.25) is 5.88 Å². The van der Waals surface area contributed by atoms with Crippen molar-refractivity contribution in [2.45, 2.75) is 51.4 Å². The second-order valence-corrected chi connectivity index (χ2v) is 9.27. The summed E-state index contributed by atoms with van der Waals surface area (Å²) in [7, 11) is 1.50. The number of ether oxygens (including phenoxy) is 1. The summed E-state index contributed by atoms with van der Waals surface area (Å²) < 4.78 is 49.3. The summed E-state index contributed by atoms with van der Waals surface area (Å²) in [6, 6.07) is 4.72. The third-order valence-electron chi connectivity index (χ3n) is 6.20. The highest BCUT2D eigenvalue weighted by molar-refractivity contribution is 5.94. The van der Waals surface area contributed by atoms with Crippen LogP contribution in [0.25, 0.3) is 10.9 Å². The average Bonchev–Trinajstić information content (AvgIpc) is 2.78. The Morgan fingerprint density at radius 1 is 1.23 bits per heavy atom. The molecule has 11 heteroatoms. The molecule has 0 amide bonds. The molecule has 35 heavy (non-hydrogen) atoms. The first-order chi connectivity index (χ1) is 16.4. The van der Waals surface area contributed by atoms with Crippen molar-refractivity contribution in [1.29, 1.82) is 0 Å². The zero-order valence-electron chi connectivity index (χ0n) is 20.1. The van der Waals surface area contributed by atoms with Crippen molar-refractivity contribution >= 4 is 22.4 Å². The van der Waals surface area contributed by atoms with Crippen LogP contribution in [0.5, 0.6) is 5.88 Å². The minimum atomic E-state index is -3.75. The van der Waals surface area contributed by atoms with Gasteiger partial charge in [0.1, 0.15) is 23.1 Å². The first-order valence-electron chi connectivity index (χ1n) is 11.2. The van der Waals surface area contributed by atoms with Gasteiger partial charge in [0.25, 0.3) is 0 Å². The maximum absolute atomic E-state index is 15.1. The molecule has 0 radical (unpaired) electrons. The van der Waals surface area contributed by atoms with Gasteiger partial charge in [-0.15, -0.1) is 5.10 Å². The number of hydrogen-bond donors (Lipinski definition) is 3. The predicted molar refractivity (Wildman–Crippen MR) is 125 cm³/mol. The minimum Gasteiger partial charge on any atom is -0.480 e. The molecule has 3 aromatic rings. The molecular weight excluding hydrogens is 463 g/mol. The van der Waals surface area contributed by atoms with E-state index in [0.29, 0.717) is 41.3 Å². The summed E-state index contributed by atoms with van der Waals surface area (Å²) in [5.41, 5.74) is -0.00496. The molecule has 0 spiro atoms. The number of alkyl halides is 2. The molecule has 0 saturated carbocycles. The number of methoxy groups -OCH3 is 1. The van der Waals surface area contributed by atoms with Gasteiger partial charge in [-0.1, -0.05) is 12.1 Å². The minimum absolute atomic E-state index is 0.0150. The summed E-state index contributed by atoms with van der Waals surface area (Å²) in [5, 5.41) is 31.6. The van der Waals surface area contributed by atoms with Crippen LogP contribution in [0.15, 0.2) is 24.3 Å². The fourth-order valence-electron chi connectivity index (χ4n) is 4.25. The lowest BCUT2D eigenvalue weighted by atomic mass is 9.96. The van der Waals surface area contributed by atoms with Gasteiger partial charge < -0.3 is 25.2 Å². The second kappa shape index (κ2) is 8.80. The second-order valence-electron chi connectivity index (χ2n) is 9.27. The Bertz CT molecular complexity index is 1260. The van der Waals surface area contributed by atoms with Crippen molar-refractivity contribution in [1.82, 2.24) is 15.2 Å². The standard InChI is InChI=1S/C24H28F3N5O3/c1-12(15-7-6-8-17(19(15)25)24(26,27)14(3)33)28-21-16-9-18(32-10-23(4,34)11-32)22(35-5)29-20(16)13(2)30-31-21/h6-9,12,14,33-34H,10-11H2,1-5H3,(H,28,31)/t12-,14?/m1/s1. The van der Waals surface area contributed by atoms with Crippen LogP contribution in [0.3, 0.4) is 0 Å². The quantitative estimate of drug-likeness (QED) is 0.460. The maximum Gasteiger partial charge on any atom is 0.301 e. The smallest absolute Gasteiger partial charge is 0.301 e. The lowest BCUT2D eigenvalue weighted by Gasteiger charge is -2.45. The van der Waals surface area contributed by atoms with Crippen molar-refractivity contribution in [3.63, 3.8) is 0 Å². The predicted octanol–water partition coefficient (Wildman–Crippen LogP) is 3.70. The Labute approximate surface area is 200 Å². The Morgan fingerprint density at radius 2 is 1.91 bits per heavy atom. The van der Waals surface area contributed by atoms with E-state index in [4.69, 9.17) is 4.74 Å². The van der Waals surface area contributed by atoms with E-state index in [9.17, 15) is 19.0 Å². The van der Waals surface area contributed by atoms with E-state index < -0.39 is 35.1 Å². The van der Waals surface area contributed by atoms with Gasteiger partial charge in [-0.05, 0) is 39.8 Å². The van der Waals surface area contributed by atoms with Gasteiger partial charge in [0.15, 0.2) is 5.82 Å². The first-order valence-corrected chi connectivity index (χ1v) is 11.2. The number of β-amino-alcohol motifs (C(OH)–C–C–N with tert-alkyl or cyclic N) is 1. The van der Waals surface area contributed by atoms with Crippen molar-refractivity contribution < 1.29 is 28.1 Å². The summed E-state index contributed by atoms with van der Waals surface area (Å²) in [6.45, 7) is 6.78. The molecule has 0 aliphatic carbocycles. The molecule has 188 valence electrons. The Hall–Kier alpha value is -3.18. The van der Waals surface area contributed by atoms with Crippen LogP contribution in [-0.2, 0) is 5.92 Å². The number of benzene rings is 1. The zero-order chi connectivity index (χ0) is 25.7. The Balaban J connectivity index is 1.74. The molecule has 2 aromatic heterocycles. The Kier molecular flexibility index (Phi) is 6.26. The molecule has 1 aliphatic rings. The molecule has 1 fully saturated rings. The average molecular weight is 492 g/mol. The number of nitrogens with zero attached hydrogens (tertiary/aromatic N) is 4. The van der Waals surface area contributed by atoms with Crippen molar-refractivity contribution in [2.24, 2.45) is 0 Å². The van der Waals surface area contributed by atoms with E-state index in [0.717, 1.165) is 13.0 Å². The van der Waals surface area contributed by atoms with Gasteiger partial charge in [-0.3, -0.25) is 0 Å². The molecule has 4 rings (SSSR count). The summed E-state index contributed by atoms with van der Waals surface area (Å²) >= 11 is 0. The van der Waals surface area contributed by atoms with Gasteiger partial charge in [-0.25, -0.2) is 9.37 Å². The largest absolute Gasteiger partial charge is 0.480 e. The van der Waals surface area contributed by atoms with E-state index in [1.54, 1.807) is 20.8 Å². The molecule has 2 atom stereocenters. The fourth-order valence-corrected chi connectivity index (χ4v) is 4.25. The maximum atomic E-state index is 15.1. The molecular formula is C24H28F3N5O3. The highest BCUT2D eigenvalue weighted by Gasteiger charge is 2.41. The first kappa shape index (κ1) is 24.9. The van der Waals surface area contributed by atoms with E-state index in [1.165, 1.54) is 19.2 Å². The number of anilines is 2. The van der Waals surface area contributed by atoms with E-state index >= 15 is 4.39 Å². The number of pyridine rings is 1. The summed E-state index contributed by atoms with van der Waals surface area (Å²) in [6.07, 6.45) is -2.05. The number of hydrogen-bond acceptors (Lipinski definition) is 8. The van der Waals surface area contributed by atoms with Gasteiger partial charge in [0.05, 0.1) is 30.0 Å². The number of halogens is 3. The van der Waals surface area contributed by atoms with Gasteiger partial charge >= 0.3 is 5.92 Å². The van der Waals surface area contributed by atoms with E-state index in [1.807, 2.05) is 11.0 Å². The lowest BCUT2D eigenvalue weighted by Crippen LogP contribution is -2.60. The monoisotopic (exact) mass is 491 g/mol. The molecule has 3 N–H and O–H groups in total. The molecule has 3 heterocycles. The summed E-state index contributed by atoms with van der Waals surface area (Å²) in [5.74, 6) is -4.20. The number of rotatable bonds is 7. The van der Waals surface area contributed by atoms with Crippen molar-refractivity contribution in [3.05, 3.63) is 46.9 Å². The number of aryl methyl sites for hydroxylation is 1. The molecule has 1 aliphatic heterocycles. The summed E-state index contributed by atoms with van der Waals surface area (Å²) in [4.78, 5) is 6.49. The van der Waals surface area contributed by atoms with Crippen molar-refractivity contribution in [3.8, 4) is 5.88 Å². The van der Waals surface area contributed by atoms with Gasteiger partial charge in [-0.2, -0.15) is 13.9 Å². The Morgan fingerprint density at radius 3 is 2.51 bits per heavy atom. The number of aliphatic hydroxyl groups is 2. The third-order valence-corrected chi connectivity index (χ3v) is 6.20. The molecule has 1 saturated heterocycles. The third kappa shape index (κ3) is 4.45. The van der Waals surface area contributed by atoms with Crippen LogP contribution in [0, 0.1) is 12.7 Å². The zero-order valence-corrected chi connectivity index (χ0v) is 20.1. The highest BCUT2D eigenvalue weighted by atomic mass is 19.3. The van der Waals surface area contributed by atoms with Gasteiger partial charge in [0, 0.05) is 24.0 Å². The molecule has 1 aromatic carbocycles. The lowest BCUT2D eigenvalue weighted by molar-refractivity contribution is -0.108. The molecule has 1 unspecified atom stereocenters. The fraction of sp³-hybridized carbons (Fsp3) is 0.458. The highest BCUT2D eigenvalue weighted by Crippen LogP contribution is 2.39. The van der Waals surface area contributed by atoms with Crippen LogP contribution >= 0.6 is 0 Å². The number of nitrogens with one attached hydrogen (secondary N) is 1. The number of fused-ring (bicyclic) bond motifs is 1. The van der Waals surface area contributed by atoms with Crippen molar-refractivity contribution in [2.75, 3.05) is 30.4 Å². The van der Waals surface area contributed by atoms with E-state index in [-0.39, 0.29) is 11.4 Å². The normalized spacial score (nSPS) is 17.1. The van der Waals surface area contributed by atoms with Crippen LogP contribution in [0.1, 0.15) is 43.6 Å². The van der Waals surface area contributed by atoms with E-state index in [2.05, 4.69) is 20.5 Å². The SMILES string of the molecule is COc1nc2c(C)nnc(N[C@H](C)c3cccc(C(F)(F)C(C)O)c3F)c2cc1N1CC(C)(O)C1. The molecule has 0 bridgehead atoms. The number of aliphatic hydroxyl groups excluding tert-OH is 1. The molecule has 8 nitrogen and oxygen atoms in total. The van der Waals surface area contributed by atoms with Crippen LogP contribution in [0.4, 0.5) is 24.7 Å². The van der Waals surface area contributed by atoms with Crippen LogP contribution < -0.4 is 15.0 Å². The van der Waals surface area contributed by atoms with Crippen LogP contribution in [0.2, 0.25) is 0 Å². The topological polar surface area (TPSA) is 104 Å². The number of aromatic nitrogens is 3. The van der Waals surface area contributed by atoms with Crippen LogP contribution in [-0.4, -0.2) is 57.3 Å².